The van der Waals surface area contributed by atoms with Gasteiger partial charge in [-0.1, -0.05) is 33.8 Å². The third-order valence-corrected chi connectivity index (χ3v) is 6.18. The van der Waals surface area contributed by atoms with Gasteiger partial charge in [0.05, 0.1) is 5.70 Å². The minimum absolute atomic E-state index is 0.0203. The summed E-state index contributed by atoms with van der Waals surface area (Å²) in [4.78, 5) is 1.96. The summed E-state index contributed by atoms with van der Waals surface area (Å²) in [6, 6.07) is 9.58. The molecule has 3 rings (SSSR count). The van der Waals surface area contributed by atoms with Gasteiger partial charge < -0.3 is 20.1 Å². The quantitative estimate of drug-likeness (QED) is 0.399. The van der Waals surface area contributed by atoms with Crippen molar-refractivity contribution in [2.45, 2.75) is 46.5 Å². The monoisotopic (exact) mass is 451 g/mol. The van der Waals surface area contributed by atoms with Gasteiger partial charge in [0.15, 0.2) is 5.11 Å². The number of phenolic OH excluding ortho intramolecular Hbond substituents is 2. The highest BCUT2D eigenvalue weighted by Gasteiger charge is 2.23. The molecule has 0 aliphatic rings. The van der Waals surface area contributed by atoms with E-state index in [1.807, 2.05) is 24.0 Å². The third kappa shape index (κ3) is 4.32. The number of benzene rings is 2. The number of aryl methyl sites for hydroxylation is 2. The highest BCUT2D eigenvalue weighted by atomic mass is 32.1. The Hall–Kier alpha value is -2.99. The van der Waals surface area contributed by atoms with Crippen LogP contribution in [0.3, 0.4) is 0 Å². The van der Waals surface area contributed by atoms with Crippen LogP contribution in [0, 0.1) is 0 Å². The average Bonchev–Trinajstić information content (AvgIpc) is 3.10. The van der Waals surface area contributed by atoms with E-state index in [-0.39, 0.29) is 11.5 Å². The predicted octanol–water partition coefficient (Wildman–Crippen LogP) is 6.04. The number of fused-ring (bicyclic) bond motifs is 1. The first-order valence-corrected chi connectivity index (χ1v) is 11.5. The summed E-state index contributed by atoms with van der Waals surface area (Å²) in [6.45, 7) is 8.42. The van der Waals surface area contributed by atoms with Crippen LogP contribution in [0.2, 0.25) is 0 Å². The van der Waals surface area contributed by atoms with Crippen LogP contribution in [0.1, 0.15) is 56.7 Å². The van der Waals surface area contributed by atoms with Crippen molar-refractivity contribution in [3.8, 4) is 11.5 Å². The first-order valence-electron chi connectivity index (χ1n) is 11.1. The molecule has 0 atom stereocenters. The number of phenols is 2. The number of nitrogens with zero attached hydrogens (tertiary/aromatic N) is 2. The maximum atomic E-state index is 10.8. The molecule has 1 heterocycles. The molecule has 0 aliphatic heterocycles. The van der Waals surface area contributed by atoms with Crippen molar-refractivity contribution >= 4 is 39.6 Å². The summed E-state index contributed by atoms with van der Waals surface area (Å²) in [6.07, 6.45) is 5.64. The molecule has 3 aromatic rings. The smallest absolute Gasteiger partial charge is 0.177 e. The summed E-state index contributed by atoms with van der Waals surface area (Å²) in [7, 11) is 3.86. The second-order valence-electron chi connectivity index (χ2n) is 8.29. The lowest BCUT2D eigenvalue weighted by molar-refractivity contribution is 0.445. The molecule has 3 N–H and O–H groups in total. The molecule has 0 aliphatic carbocycles. The van der Waals surface area contributed by atoms with Crippen molar-refractivity contribution in [3.63, 3.8) is 0 Å². The molecule has 6 heteroatoms. The summed E-state index contributed by atoms with van der Waals surface area (Å²) >= 11 is 5.73. The molecule has 1 aromatic heterocycles. The van der Waals surface area contributed by atoms with E-state index < -0.39 is 0 Å². The highest BCUT2D eigenvalue weighted by Crippen LogP contribution is 2.38. The van der Waals surface area contributed by atoms with Crippen LogP contribution >= 0.6 is 12.2 Å². The van der Waals surface area contributed by atoms with Crippen LogP contribution in [0.15, 0.2) is 42.6 Å². The second kappa shape index (κ2) is 9.65. The van der Waals surface area contributed by atoms with Gasteiger partial charge >= 0.3 is 0 Å². The third-order valence-electron chi connectivity index (χ3n) is 5.79. The Morgan fingerprint density at radius 2 is 1.88 bits per heavy atom. The molecular formula is C26H33N3O2S. The van der Waals surface area contributed by atoms with Crippen LogP contribution in [0.25, 0.3) is 16.6 Å². The molecule has 2 aromatic carbocycles. The zero-order valence-corrected chi connectivity index (χ0v) is 20.5. The predicted molar refractivity (Wildman–Crippen MR) is 139 cm³/mol. The molecule has 5 nitrogen and oxygen atoms in total. The van der Waals surface area contributed by atoms with Gasteiger partial charge in [-0.05, 0) is 66.4 Å². The lowest BCUT2D eigenvalue weighted by atomic mass is 10.0. The minimum atomic E-state index is 0.0203. The molecule has 0 saturated heterocycles. The average molecular weight is 452 g/mol. The molecule has 0 saturated carbocycles. The van der Waals surface area contributed by atoms with Gasteiger partial charge in [0.1, 0.15) is 11.5 Å². The fourth-order valence-corrected chi connectivity index (χ4v) is 4.32. The van der Waals surface area contributed by atoms with E-state index in [0.717, 1.165) is 28.9 Å². The van der Waals surface area contributed by atoms with Crippen molar-refractivity contribution < 1.29 is 10.2 Å². The van der Waals surface area contributed by atoms with Gasteiger partial charge in [0, 0.05) is 48.5 Å². The number of thiocarbonyl (C=S) groups is 1. The number of nitrogens with one attached hydrogen (secondary N) is 1. The van der Waals surface area contributed by atoms with Gasteiger partial charge in [-0.15, -0.1) is 0 Å². The van der Waals surface area contributed by atoms with Gasteiger partial charge in [0.25, 0.3) is 0 Å². The lowest BCUT2D eigenvalue weighted by Crippen LogP contribution is -2.36. The lowest BCUT2D eigenvalue weighted by Gasteiger charge is -2.29. The van der Waals surface area contributed by atoms with Gasteiger partial charge in [-0.2, -0.15) is 0 Å². The second-order valence-corrected chi connectivity index (χ2v) is 8.68. The van der Waals surface area contributed by atoms with Crippen LogP contribution in [0.5, 0.6) is 11.5 Å². The fraction of sp³-hybridized carbons (Fsp3) is 0.346. The number of aromatic hydroxyl groups is 2. The maximum absolute atomic E-state index is 10.8. The highest BCUT2D eigenvalue weighted by molar-refractivity contribution is 7.80. The Kier molecular flexibility index (Phi) is 7.14. The molecule has 32 heavy (non-hydrogen) atoms. The number of anilines is 1. The first-order chi connectivity index (χ1) is 15.2. The van der Waals surface area contributed by atoms with Crippen LogP contribution in [-0.2, 0) is 13.5 Å². The Balaban J connectivity index is 2.26. The van der Waals surface area contributed by atoms with Crippen molar-refractivity contribution in [3.05, 3.63) is 59.3 Å². The van der Waals surface area contributed by atoms with Crippen molar-refractivity contribution in [2.24, 2.45) is 7.05 Å². The van der Waals surface area contributed by atoms with Gasteiger partial charge in [-0.25, -0.2) is 0 Å². The van der Waals surface area contributed by atoms with Crippen molar-refractivity contribution in [1.82, 2.24) is 9.88 Å². The molecule has 0 radical (unpaired) electrons. The Morgan fingerprint density at radius 3 is 2.47 bits per heavy atom. The van der Waals surface area contributed by atoms with E-state index in [1.54, 1.807) is 7.05 Å². The van der Waals surface area contributed by atoms with E-state index in [4.69, 9.17) is 12.2 Å². The fourth-order valence-electron chi connectivity index (χ4n) is 4.11. The molecule has 0 unspecified atom stereocenters. The summed E-state index contributed by atoms with van der Waals surface area (Å²) in [5.41, 5.74) is 5.54. The summed E-state index contributed by atoms with van der Waals surface area (Å²) in [5.74, 6) is 0.504. The van der Waals surface area contributed by atoms with Gasteiger partial charge in [-0.3, -0.25) is 4.90 Å². The number of rotatable bonds is 6. The van der Waals surface area contributed by atoms with E-state index in [2.05, 4.69) is 62.1 Å². The molecule has 0 amide bonds. The van der Waals surface area contributed by atoms with Crippen molar-refractivity contribution in [2.75, 3.05) is 11.9 Å². The van der Waals surface area contributed by atoms with Crippen LogP contribution < -0.4 is 10.2 Å². The first kappa shape index (κ1) is 23.7. The van der Waals surface area contributed by atoms with E-state index >= 15 is 0 Å². The molecule has 0 bridgehead atoms. The Labute approximate surface area is 196 Å². The standard InChI is InChI=1S/C26H33N3O2S/c1-7-9-23(20-12-17(8-2)24(30)14-25(20)31)29(26(32)27-5)18-10-11-22-19(13-18)21(16(3)4)15-28(22)6/h9-16,30-31H,7-8H2,1-6H3,(H,27,32). The SMILES string of the molecule is CCC=C(c1cc(CC)c(O)cc1O)N(C(=S)NC)c1ccc2c(c1)c(C(C)C)cn2C. The topological polar surface area (TPSA) is 60.7 Å². The largest absolute Gasteiger partial charge is 0.508 e. The molecular weight excluding hydrogens is 418 g/mol. The van der Waals surface area contributed by atoms with Gasteiger partial charge in [0.2, 0.25) is 0 Å². The van der Waals surface area contributed by atoms with Crippen LogP contribution in [-0.4, -0.2) is 26.9 Å². The Morgan fingerprint density at radius 1 is 1.16 bits per heavy atom. The van der Waals surface area contributed by atoms with E-state index in [0.29, 0.717) is 23.0 Å². The zero-order valence-electron chi connectivity index (χ0n) is 19.7. The molecule has 0 spiro atoms. The minimum Gasteiger partial charge on any atom is -0.508 e. The summed E-state index contributed by atoms with van der Waals surface area (Å²) < 4.78 is 2.15. The number of aromatic nitrogens is 1. The zero-order chi connectivity index (χ0) is 23.6. The van der Waals surface area contributed by atoms with E-state index in [1.165, 1.54) is 17.0 Å². The summed E-state index contributed by atoms with van der Waals surface area (Å²) in [5, 5.41) is 25.8. The van der Waals surface area contributed by atoms with Crippen LogP contribution in [0.4, 0.5) is 5.69 Å². The maximum Gasteiger partial charge on any atom is 0.177 e. The normalized spacial score (nSPS) is 11.9. The molecule has 0 fully saturated rings. The number of hydrogen-bond donors (Lipinski definition) is 3. The Bertz CT molecular complexity index is 1180. The number of hydrogen-bond acceptors (Lipinski definition) is 3. The van der Waals surface area contributed by atoms with Crippen molar-refractivity contribution in [1.29, 1.82) is 0 Å². The van der Waals surface area contributed by atoms with E-state index in [9.17, 15) is 10.2 Å². The molecule has 170 valence electrons. The number of allylic oxidation sites excluding steroid dienone is 1.